The van der Waals surface area contributed by atoms with Gasteiger partial charge in [-0.05, 0) is 24.0 Å². The zero-order valence-electron chi connectivity index (χ0n) is 10.5. The molecule has 1 aromatic rings. The van der Waals surface area contributed by atoms with E-state index in [9.17, 15) is 4.79 Å². The lowest BCUT2D eigenvalue weighted by atomic mass is 9.87. The minimum Gasteiger partial charge on any atom is -0.322 e. The van der Waals surface area contributed by atoms with Crippen molar-refractivity contribution in [1.82, 2.24) is 4.98 Å². The topological polar surface area (TPSA) is 68.0 Å². The minimum atomic E-state index is -0.599. The van der Waals surface area contributed by atoms with Crippen molar-refractivity contribution in [2.45, 2.75) is 33.7 Å². The van der Waals surface area contributed by atoms with Gasteiger partial charge in [0.1, 0.15) is 0 Å². The van der Waals surface area contributed by atoms with E-state index in [1.165, 1.54) is 0 Å². The first-order valence-electron chi connectivity index (χ1n) is 5.41. The maximum atomic E-state index is 11.9. The first-order chi connectivity index (χ1) is 7.73. The van der Waals surface area contributed by atoms with Crippen molar-refractivity contribution in [2.75, 3.05) is 5.32 Å². The largest absolute Gasteiger partial charge is 0.322 e. The smallest absolute Gasteiger partial charge is 0.241 e. The highest BCUT2D eigenvalue weighted by Gasteiger charge is 2.28. The molecule has 0 saturated heterocycles. The second-order valence-corrected chi connectivity index (χ2v) is 5.48. The van der Waals surface area contributed by atoms with Crippen LogP contribution in [0.4, 0.5) is 5.69 Å². The van der Waals surface area contributed by atoms with Gasteiger partial charge in [-0.15, -0.1) is 0 Å². The molecule has 4 nitrogen and oxygen atoms in total. The molecule has 0 bridgehead atoms. The van der Waals surface area contributed by atoms with E-state index in [-0.39, 0.29) is 16.5 Å². The highest BCUT2D eigenvalue weighted by Crippen LogP contribution is 2.24. The Bertz CT molecular complexity index is 406. The molecular weight excluding hydrogens is 238 g/mol. The summed E-state index contributed by atoms with van der Waals surface area (Å²) in [6.07, 6.45) is 1.59. The quantitative estimate of drug-likeness (QED) is 0.797. The molecule has 1 atom stereocenters. The molecule has 0 aliphatic heterocycles. The fourth-order valence-corrected chi connectivity index (χ4v) is 1.52. The molecule has 0 spiro atoms. The van der Waals surface area contributed by atoms with Crippen LogP contribution in [0.1, 0.15) is 26.3 Å². The second kappa shape index (κ2) is 5.02. The van der Waals surface area contributed by atoms with Crippen LogP contribution in [-0.2, 0) is 4.79 Å². The Morgan fingerprint density at radius 3 is 2.59 bits per heavy atom. The number of carbonyl (C=O) groups is 1. The number of hydrogen-bond donors (Lipinski definition) is 2. The zero-order chi connectivity index (χ0) is 13.2. The Labute approximate surface area is 107 Å². The first kappa shape index (κ1) is 13.9. The predicted molar refractivity (Wildman–Crippen MR) is 70.0 cm³/mol. The van der Waals surface area contributed by atoms with Gasteiger partial charge in [-0.2, -0.15) is 0 Å². The Morgan fingerprint density at radius 1 is 1.53 bits per heavy atom. The third-order valence-electron chi connectivity index (χ3n) is 2.58. The molecule has 0 aliphatic rings. The Balaban J connectivity index is 2.89. The van der Waals surface area contributed by atoms with Gasteiger partial charge in [-0.3, -0.25) is 4.79 Å². The summed E-state index contributed by atoms with van der Waals surface area (Å²) in [4.78, 5) is 15.9. The summed E-state index contributed by atoms with van der Waals surface area (Å²) in [5, 5.41) is 3.00. The van der Waals surface area contributed by atoms with Gasteiger partial charge in [-0.25, -0.2) is 4.98 Å². The van der Waals surface area contributed by atoms with Crippen LogP contribution in [0.3, 0.4) is 0 Å². The molecule has 1 aromatic heterocycles. The number of nitrogens with one attached hydrogen (secondary N) is 1. The van der Waals surface area contributed by atoms with Gasteiger partial charge in [0.25, 0.3) is 0 Å². The molecule has 94 valence electrons. The first-order valence-corrected chi connectivity index (χ1v) is 5.79. The summed E-state index contributed by atoms with van der Waals surface area (Å²) in [7, 11) is 0. The number of nitrogens with zero attached hydrogens (tertiary/aromatic N) is 1. The van der Waals surface area contributed by atoms with Crippen molar-refractivity contribution in [3.8, 4) is 0 Å². The molecule has 3 N–H and O–H groups in total. The molecule has 5 heteroatoms. The number of nitrogens with two attached hydrogens (primary N) is 1. The highest BCUT2D eigenvalue weighted by molar-refractivity contribution is 6.32. The number of hydrogen-bond acceptors (Lipinski definition) is 3. The van der Waals surface area contributed by atoms with E-state index in [0.717, 1.165) is 5.56 Å². The van der Waals surface area contributed by atoms with Crippen LogP contribution in [0.15, 0.2) is 12.3 Å². The maximum Gasteiger partial charge on any atom is 0.241 e. The van der Waals surface area contributed by atoms with Gasteiger partial charge in [0.15, 0.2) is 5.15 Å². The molecule has 0 saturated carbocycles. The van der Waals surface area contributed by atoms with Gasteiger partial charge in [0.05, 0.1) is 11.7 Å². The van der Waals surface area contributed by atoms with Gasteiger partial charge in [-0.1, -0.05) is 32.4 Å². The van der Waals surface area contributed by atoms with Crippen LogP contribution in [0, 0.1) is 12.3 Å². The molecule has 0 aromatic carbocycles. The van der Waals surface area contributed by atoms with Crippen molar-refractivity contribution in [2.24, 2.45) is 11.1 Å². The molecule has 1 amide bonds. The Kier molecular flexibility index (Phi) is 4.11. The fraction of sp³-hybridized carbons (Fsp3) is 0.500. The number of carbonyl (C=O) groups excluding carboxylic acids is 1. The second-order valence-electron chi connectivity index (χ2n) is 5.13. The molecule has 17 heavy (non-hydrogen) atoms. The number of anilines is 1. The van der Waals surface area contributed by atoms with E-state index in [1.807, 2.05) is 27.7 Å². The standard InChI is InChI=1S/C12H18ClN3O/c1-7-5-6-15-10(13)8(7)16-11(17)9(14)12(2,3)4/h5-6,9H,14H2,1-4H3,(H,16,17)/t9-/m0/s1. The van der Waals surface area contributed by atoms with Crippen molar-refractivity contribution in [3.63, 3.8) is 0 Å². The van der Waals surface area contributed by atoms with E-state index < -0.39 is 6.04 Å². The Hall–Kier alpha value is -1.13. The molecule has 1 heterocycles. The van der Waals surface area contributed by atoms with Gasteiger partial charge < -0.3 is 11.1 Å². The predicted octanol–water partition coefficient (Wildman–Crippen LogP) is 2.36. The van der Waals surface area contributed by atoms with Crippen molar-refractivity contribution < 1.29 is 4.79 Å². The van der Waals surface area contributed by atoms with Crippen LogP contribution in [-0.4, -0.2) is 16.9 Å². The fourth-order valence-electron chi connectivity index (χ4n) is 1.27. The molecule has 0 fully saturated rings. The lowest BCUT2D eigenvalue weighted by Crippen LogP contribution is -2.45. The monoisotopic (exact) mass is 255 g/mol. The van der Waals surface area contributed by atoms with E-state index in [2.05, 4.69) is 10.3 Å². The molecule has 0 aliphatic carbocycles. The Morgan fingerprint density at radius 2 is 2.12 bits per heavy atom. The number of pyridine rings is 1. The van der Waals surface area contributed by atoms with E-state index >= 15 is 0 Å². The lowest BCUT2D eigenvalue weighted by molar-refractivity contribution is -0.119. The van der Waals surface area contributed by atoms with Crippen molar-refractivity contribution >= 4 is 23.2 Å². The summed E-state index contributed by atoms with van der Waals surface area (Å²) in [5.41, 5.74) is 6.96. The number of rotatable bonds is 2. The summed E-state index contributed by atoms with van der Waals surface area (Å²) in [5.74, 6) is -0.254. The summed E-state index contributed by atoms with van der Waals surface area (Å²) in [6.45, 7) is 7.59. The average molecular weight is 256 g/mol. The minimum absolute atomic E-state index is 0.254. The SMILES string of the molecule is Cc1ccnc(Cl)c1NC(=O)[C@H](N)C(C)(C)C. The van der Waals surface area contributed by atoms with E-state index in [4.69, 9.17) is 17.3 Å². The van der Waals surface area contributed by atoms with Gasteiger partial charge in [0, 0.05) is 6.20 Å². The van der Waals surface area contributed by atoms with Crippen LogP contribution < -0.4 is 11.1 Å². The average Bonchev–Trinajstić information content (AvgIpc) is 2.21. The third kappa shape index (κ3) is 3.41. The van der Waals surface area contributed by atoms with Crippen LogP contribution in [0.5, 0.6) is 0 Å². The van der Waals surface area contributed by atoms with E-state index in [0.29, 0.717) is 5.69 Å². The molecule has 0 unspecified atom stereocenters. The zero-order valence-corrected chi connectivity index (χ0v) is 11.3. The lowest BCUT2D eigenvalue weighted by Gasteiger charge is -2.26. The van der Waals surface area contributed by atoms with Crippen molar-refractivity contribution in [1.29, 1.82) is 0 Å². The molecule has 0 radical (unpaired) electrons. The third-order valence-corrected chi connectivity index (χ3v) is 2.86. The summed E-state index contributed by atoms with van der Waals surface area (Å²) in [6, 6.07) is 1.18. The van der Waals surface area contributed by atoms with Crippen molar-refractivity contribution in [3.05, 3.63) is 23.0 Å². The van der Waals surface area contributed by atoms with Crippen LogP contribution >= 0.6 is 11.6 Å². The molecule has 1 rings (SSSR count). The van der Waals surface area contributed by atoms with Gasteiger partial charge in [0.2, 0.25) is 5.91 Å². The summed E-state index contributed by atoms with van der Waals surface area (Å²) >= 11 is 5.93. The number of halogens is 1. The maximum absolute atomic E-state index is 11.9. The molecular formula is C12H18ClN3O. The number of aryl methyl sites for hydroxylation is 1. The summed E-state index contributed by atoms with van der Waals surface area (Å²) < 4.78 is 0. The van der Waals surface area contributed by atoms with E-state index in [1.54, 1.807) is 12.3 Å². The van der Waals surface area contributed by atoms with Crippen LogP contribution in [0.25, 0.3) is 0 Å². The van der Waals surface area contributed by atoms with Gasteiger partial charge >= 0.3 is 0 Å². The number of aromatic nitrogens is 1. The normalized spacial score (nSPS) is 13.3. The number of amides is 1. The van der Waals surface area contributed by atoms with Crippen LogP contribution in [0.2, 0.25) is 5.15 Å². The highest BCUT2D eigenvalue weighted by atomic mass is 35.5.